The zero-order valence-electron chi connectivity index (χ0n) is 14.9. The fraction of sp³-hybridized carbons (Fsp3) is 0.611. The van der Waals surface area contributed by atoms with Crippen molar-refractivity contribution in [1.82, 2.24) is 0 Å². The van der Waals surface area contributed by atoms with E-state index in [0.717, 1.165) is 37.3 Å². The molecule has 1 aromatic carbocycles. The van der Waals surface area contributed by atoms with Crippen LogP contribution in [0.4, 0.5) is 8.78 Å². The van der Waals surface area contributed by atoms with Crippen molar-refractivity contribution in [2.45, 2.75) is 57.2 Å². The van der Waals surface area contributed by atoms with E-state index in [-0.39, 0.29) is 24.2 Å². The second-order valence-corrected chi connectivity index (χ2v) is 6.22. The van der Waals surface area contributed by atoms with Crippen molar-refractivity contribution < 1.29 is 17.7 Å². The van der Waals surface area contributed by atoms with Gasteiger partial charge in [0.15, 0.2) is 11.6 Å². The van der Waals surface area contributed by atoms with E-state index in [0.29, 0.717) is 6.42 Å². The Morgan fingerprint density at radius 1 is 1.00 bits per heavy atom. The summed E-state index contributed by atoms with van der Waals surface area (Å²) in [5.74, 6) is -1.78. The van der Waals surface area contributed by atoms with Gasteiger partial charge in [0, 0.05) is 16.9 Å². The van der Waals surface area contributed by atoms with E-state index in [1.807, 2.05) is 0 Å². The van der Waals surface area contributed by atoms with Crippen LogP contribution in [0.15, 0.2) is 18.2 Å². The molecule has 2 fully saturated rings. The van der Waals surface area contributed by atoms with E-state index in [4.69, 9.17) is 4.11 Å². The molecule has 0 aliphatic heterocycles. The molecule has 0 spiro atoms. The molecule has 0 saturated heterocycles. The number of benzene rings is 1. The molecule has 2 unspecified atom stereocenters. The molecule has 1 aromatic rings. The summed E-state index contributed by atoms with van der Waals surface area (Å²) in [5.41, 5.74) is 0.809. The third kappa shape index (κ3) is 3.33. The number of ketones is 1. The highest BCUT2D eigenvalue weighted by atomic mass is 19.2. The lowest BCUT2D eigenvalue weighted by molar-refractivity contribution is -0.121. The summed E-state index contributed by atoms with van der Waals surface area (Å²) < 4.78 is 50.4. The average molecular weight is 295 g/mol. The Hall–Kier alpha value is -1.25. The predicted octanol–water partition coefficient (Wildman–Crippen LogP) is 5.00. The van der Waals surface area contributed by atoms with Gasteiger partial charge in [-0.1, -0.05) is 6.07 Å². The summed E-state index contributed by atoms with van der Waals surface area (Å²) in [6.07, 6.45) is 1.11. The van der Waals surface area contributed by atoms with E-state index in [9.17, 15) is 13.6 Å². The molecule has 0 aromatic heterocycles. The first-order valence-corrected chi connectivity index (χ1v) is 7.71. The molecule has 114 valence electrons. The first kappa shape index (κ1) is 11.3. The Kier molecular flexibility index (Phi) is 3.37. The number of hydrogen-bond donors (Lipinski definition) is 0. The second kappa shape index (κ2) is 6.25. The van der Waals surface area contributed by atoms with Crippen molar-refractivity contribution in [3.63, 3.8) is 0 Å². The van der Waals surface area contributed by atoms with Crippen LogP contribution < -0.4 is 0 Å². The monoisotopic (exact) mass is 295 g/mol. The SMILES string of the molecule is [2H]C1C(C2CCC(c3ccc(F)c(F)c3)CC2)CCC(=O)C1([2H])[2H]. The zero-order valence-corrected chi connectivity index (χ0v) is 11.9. The van der Waals surface area contributed by atoms with Crippen LogP contribution in [0.25, 0.3) is 0 Å². The number of rotatable bonds is 2. The van der Waals surface area contributed by atoms with Crippen LogP contribution >= 0.6 is 0 Å². The van der Waals surface area contributed by atoms with Crippen LogP contribution in [0, 0.1) is 23.5 Å². The summed E-state index contributed by atoms with van der Waals surface area (Å²) in [5, 5.41) is 0. The van der Waals surface area contributed by atoms with Gasteiger partial charge in [-0.05, 0) is 74.0 Å². The third-order valence-electron chi connectivity index (χ3n) is 4.96. The minimum atomic E-state index is -2.04. The highest BCUT2D eigenvalue weighted by Gasteiger charge is 2.30. The Morgan fingerprint density at radius 2 is 1.76 bits per heavy atom. The minimum Gasteiger partial charge on any atom is -0.300 e. The van der Waals surface area contributed by atoms with Gasteiger partial charge in [-0.2, -0.15) is 0 Å². The summed E-state index contributed by atoms with van der Waals surface area (Å²) in [6, 6.07) is 4.07. The molecular formula is C18H22F2O. The van der Waals surface area contributed by atoms with Gasteiger partial charge in [0.2, 0.25) is 0 Å². The van der Waals surface area contributed by atoms with Crippen LogP contribution in [0.1, 0.15) is 66.9 Å². The molecule has 0 radical (unpaired) electrons. The van der Waals surface area contributed by atoms with E-state index in [2.05, 4.69) is 0 Å². The highest BCUT2D eigenvalue weighted by Crippen LogP contribution is 2.42. The molecule has 2 saturated carbocycles. The maximum absolute atomic E-state index is 13.4. The quantitative estimate of drug-likeness (QED) is 0.750. The van der Waals surface area contributed by atoms with Crippen molar-refractivity contribution in [2.24, 2.45) is 11.8 Å². The van der Waals surface area contributed by atoms with E-state index < -0.39 is 30.2 Å². The fourth-order valence-corrected chi connectivity index (χ4v) is 3.67. The van der Waals surface area contributed by atoms with Crippen molar-refractivity contribution in [3.8, 4) is 0 Å². The lowest BCUT2D eigenvalue weighted by Crippen LogP contribution is -2.25. The van der Waals surface area contributed by atoms with Crippen molar-refractivity contribution in [2.75, 3.05) is 0 Å². The Morgan fingerprint density at radius 3 is 2.48 bits per heavy atom. The number of Topliss-reactive ketones (excluding diaryl/α,β-unsaturated/α-hetero) is 1. The van der Waals surface area contributed by atoms with Gasteiger partial charge in [0.25, 0.3) is 0 Å². The van der Waals surface area contributed by atoms with Gasteiger partial charge in [-0.3, -0.25) is 4.79 Å². The molecule has 0 bridgehead atoms. The molecule has 1 nitrogen and oxygen atoms in total. The second-order valence-electron chi connectivity index (χ2n) is 6.22. The topological polar surface area (TPSA) is 17.1 Å². The molecular weight excluding hydrogens is 270 g/mol. The summed E-state index contributed by atoms with van der Waals surface area (Å²) in [6.45, 7) is 0. The zero-order chi connectivity index (χ0) is 17.5. The van der Waals surface area contributed by atoms with Gasteiger partial charge < -0.3 is 0 Å². The Labute approximate surface area is 129 Å². The van der Waals surface area contributed by atoms with Crippen LogP contribution in [-0.2, 0) is 4.79 Å². The maximum Gasteiger partial charge on any atom is 0.159 e. The van der Waals surface area contributed by atoms with Gasteiger partial charge in [-0.15, -0.1) is 0 Å². The first-order valence-electron chi connectivity index (χ1n) is 9.29. The van der Waals surface area contributed by atoms with Crippen LogP contribution in [-0.4, -0.2) is 5.78 Å². The molecule has 0 amide bonds. The van der Waals surface area contributed by atoms with Crippen LogP contribution in [0.3, 0.4) is 0 Å². The molecule has 2 aliphatic carbocycles. The fourth-order valence-electron chi connectivity index (χ4n) is 3.67. The van der Waals surface area contributed by atoms with Gasteiger partial charge in [0.1, 0.15) is 5.78 Å². The van der Waals surface area contributed by atoms with Crippen molar-refractivity contribution in [1.29, 1.82) is 0 Å². The Bertz CT molecular complexity index is 627. The summed E-state index contributed by atoms with van der Waals surface area (Å²) in [4.78, 5) is 11.7. The molecule has 3 heteroatoms. The molecule has 0 N–H and O–H groups in total. The largest absolute Gasteiger partial charge is 0.300 e. The van der Waals surface area contributed by atoms with Crippen molar-refractivity contribution in [3.05, 3.63) is 35.4 Å². The van der Waals surface area contributed by atoms with E-state index in [1.165, 1.54) is 6.07 Å². The van der Waals surface area contributed by atoms with Gasteiger partial charge in [-0.25, -0.2) is 8.78 Å². The van der Waals surface area contributed by atoms with Gasteiger partial charge >= 0.3 is 0 Å². The molecule has 2 atom stereocenters. The molecule has 2 aliphatic rings. The molecule has 3 rings (SSSR count). The summed E-state index contributed by atoms with van der Waals surface area (Å²) in [7, 11) is 0. The molecule has 21 heavy (non-hydrogen) atoms. The predicted molar refractivity (Wildman–Crippen MR) is 78.0 cm³/mol. The normalized spacial score (nSPS) is 38.4. The lowest BCUT2D eigenvalue weighted by Gasteiger charge is -2.35. The third-order valence-corrected chi connectivity index (χ3v) is 4.96. The standard InChI is InChI=1S/C18H22F2O/c19-17-10-7-15(11-18(17)20)14-3-1-12(2-4-14)13-5-8-16(21)9-6-13/h7,10-14H,1-6,8-9H2/i5D,8D2. The number of hydrogen-bond acceptors (Lipinski definition) is 1. The van der Waals surface area contributed by atoms with Crippen LogP contribution in [0.2, 0.25) is 0 Å². The average Bonchev–Trinajstić information content (AvgIpc) is 2.56. The van der Waals surface area contributed by atoms with E-state index >= 15 is 0 Å². The minimum absolute atomic E-state index is 0.0939. The summed E-state index contributed by atoms with van der Waals surface area (Å²) >= 11 is 0. The van der Waals surface area contributed by atoms with Crippen LogP contribution in [0.5, 0.6) is 0 Å². The smallest absolute Gasteiger partial charge is 0.159 e. The number of carbonyl (C=O) groups excluding carboxylic acids is 1. The van der Waals surface area contributed by atoms with Gasteiger partial charge in [0.05, 0.1) is 0 Å². The number of carbonyl (C=O) groups is 1. The van der Waals surface area contributed by atoms with Crippen molar-refractivity contribution >= 4 is 5.78 Å². The maximum atomic E-state index is 13.4. The van der Waals surface area contributed by atoms with E-state index in [1.54, 1.807) is 6.07 Å². The lowest BCUT2D eigenvalue weighted by atomic mass is 9.70. The highest BCUT2D eigenvalue weighted by molar-refractivity contribution is 5.79. The Balaban J connectivity index is 1.64. The first-order chi connectivity index (χ1) is 11.3. The molecule has 0 heterocycles. The number of halogens is 2.